The fourth-order valence-corrected chi connectivity index (χ4v) is 3.72. The molecule has 2 aliphatic heterocycles. The van der Waals surface area contributed by atoms with Crippen molar-refractivity contribution in [2.24, 2.45) is 0 Å². The molecule has 0 saturated carbocycles. The van der Waals surface area contributed by atoms with Gasteiger partial charge in [-0.15, -0.1) is 0 Å². The van der Waals surface area contributed by atoms with Gasteiger partial charge in [-0.05, 0) is 12.0 Å². The number of rotatable bonds is 5. The van der Waals surface area contributed by atoms with Crippen LogP contribution < -0.4 is 5.32 Å². The van der Waals surface area contributed by atoms with Crippen LogP contribution in [-0.4, -0.2) is 65.3 Å². The van der Waals surface area contributed by atoms with Gasteiger partial charge in [0.15, 0.2) is 0 Å². The fraction of sp³-hybridized carbons (Fsp3) is 0.500. The van der Waals surface area contributed by atoms with Crippen LogP contribution in [0.4, 0.5) is 4.79 Å². The number of benzene rings is 1. The number of ether oxygens (including phenoxy) is 1. The van der Waals surface area contributed by atoms with E-state index < -0.39 is 29.7 Å². The van der Waals surface area contributed by atoms with Crippen molar-refractivity contribution >= 4 is 17.9 Å². The number of nitrogens with zero attached hydrogens (tertiary/aromatic N) is 2. The van der Waals surface area contributed by atoms with Crippen LogP contribution in [0.2, 0.25) is 0 Å². The molecular weight excluding hydrogens is 338 g/mol. The first kappa shape index (κ1) is 18.3. The number of methoxy groups -OCH3 is 1. The fourth-order valence-electron chi connectivity index (χ4n) is 3.72. The highest BCUT2D eigenvalue weighted by Crippen LogP contribution is 2.33. The van der Waals surface area contributed by atoms with E-state index in [-0.39, 0.29) is 25.5 Å². The van der Waals surface area contributed by atoms with Gasteiger partial charge in [-0.3, -0.25) is 14.5 Å². The van der Waals surface area contributed by atoms with E-state index in [1.54, 1.807) is 4.90 Å². The molecule has 2 heterocycles. The van der Waals surface area contributed by atoms with E-state index in [1.165, 1.54) is 7.11 Å². The van der Waals surface area contributed by atoms with Gasteiger partial charge in [0.2, 0.25) is 0 Å². The Kier molecular flexibility index (Phi) is 4.97. The van der Waals surface area contributed by atoms with Gasteiger partial charge >= 0.3 is 12.0 Å². The Balaban J connectivity index is 1.84. The number of carbonyl (C=O) groups is 3. The first-order chi connectivity index (χ1) is 12.4. The first-order valence-electron chi connectivity index (χ1n) is 8.62. The van der Waals surface area contributed by atoms with Gasteiger partial charge in [-0.25, -0.2) is 9.69 Å². The monoisotopic (exact) mass is 361 g/mol. The van der Waals surface area contributed by atoms with Crippen LogP contribution in [0.25, 0.3) is 0 Å². The Morgan fingerprint density at radius 3 is 2.65 bits per heavy atom. The number of nitrogens with one attached hydrogen (secondary N) is 1. The van der Waals surface area contributed by atoms with Crippen LogP contribution in [0, 0.1) is 0 Å². The highest BCUT2D eigenvalue weighted by Gasteiger charge is 2.52. The molecule has 2 saturated heterocycles. The molecule has 8 heteroatoms. The van der Waals surface area contributed by atoms with Crippen molar-refractivity contribution in [2.75, 3.05) is 20.3 Å². The average Bonchev–Trinajstić information content (AvgIpc) is 3.14. The number of carbonyl (C=O) groups excluding carboxylic acids is 3. The van der Waals surface area contributed by atoms with Gasteiger partial charge in [0.05, 0.1) is 19.9 Å². The zero-order valence-electron chi connectivity index (χ0n) is 14.8. The molecular formula is C18H23N3O5. The molecule has 2 aliphatic rings. The highest BCUT2D eigenvalue weighted by atomic mass is 16.5. The summed E-state index contributed by atoms with van der Waals surface area (Å²) in [6.07, 6.45) is -0.0837. The third kappa shape index (κ3) is 2.95. The summed E-state index contributed by atoms with van der Waals surface area (Å²) < 4.78 is 4.77. The Hall–Kier alpha value is -2.45. The van der Waals surface area contributed by atoms with E-state index in [2.05, 4.69) is 5.32 Å². The van der Waals surface area contributed by atoms with Gasteiger partial charge in [0.1, 0.15) is 11.6 Å². The largest absolute Gasteiger partial charge is 0.468 e. The lowest BCUT2D eigenvalue weighted by Gasteiger charge is -2.28. The molecule has 1 aromatic carbocycles. The number of hydrogen-bond donors (Lipinski definition) is 2. The summed E-state index contributed by atoms with van der Waals surface area (Å²) in [5.41, 5.74) is -0.397. The number of urea groups is 1. The summed E-state index contributed by atoms with van der Waals surface area (Å²) in [7, 11) is 1.27. The summed E-state index contributed by atoms with van der Waals surface area (Å²) in [4.78, 5) is 40.3. The van der Waals surface area contributed by atoms with E-state index in [4.69, 9.17) is 4.74 Å². The molecule has 3 rings (SSSR count). The quantitative estimate of drug-likeness (QED) is 0.582. The predicted octanol–water partition coefficient (Wildman–Crippen LogP) is 0.409. The Morgan fingerprint density at radius 1 is 1.35 bits per heavy atom. The number of hydrogen-bond acceptors (Lipinski definition) is 6. The van der Waals surface area contributed by atoms with E-state index in [9.17, 15) is 19.5 Å². The molecule has 0 aromatic heterocycles. The summed E-state index contributed by atoms with van der Waals surface area (Å²) in [5.74, 6) is -0.848. The van der Waals surface area contributed by atoms with Crippen molar-refractivity contribution in [3.63, 3.8) is 0 Å². The molecule has 26 heavy (non-hydrogen) atoms. The Morgan fingerprint density at radius 2 is 2.04 bits per heavy atom. The maximum Gasteiger partial charge on any atom is 0.326 e. The molecule has 0 radical (unpaired) electrons. The molecule has 0 bridgehead atoms. The van der Waals surface area contributed by atoms with Crippen LogP contribution in [0.1, 0.15) is 25.3 Å². The third-order valence-electron chi connectivity index (χ3n) is 5.15. The lowest BCUT2D eigenvalue weighted by atomic mass is 9.87. The molecule has 2 N–H and O–H groups in total. The lowest BCUT2D eigenvalue weighted by molar-refractivity contribution is -0.147. The number of amides is 3. The van der Waals surface area contributed by atoms with Gasteiger partial charge in [-0.1, -0.05) is 37.3 Å². The van der Waals surface area contributed by atoms with Crippen molar-refractivity contribution in [1.82, 2.24) is 15.1 Å². The second kappa shape index (κ2) is 7.05. The predicted molar refractivity (Wildman–Crippen MR) is 91.8 cm³/mol. The van der Waals surface area contributed by atoms with Crippen LogP contribution >= 0.6 is 0 Å². The number of likely N-dealkylation sites (tertiary alicyclic amines) is 1. The number of β-amino-alcohol motifs (C(OH)–C–C–N with tert-alkyl or cyclic N) is 1. The second-order valence-electron chi connectivity index (χ2n) is 6.63. The minimum atomic E-state index is -1.11. The van der Waals surface area contributed by atoms with Gasteiger partial charge in [0.25, 0.3) is 5.91 Å². The van der Waals surface area contributed by atoms with Gasteiger partial charge in [-0.2, -0.15) is 0 Å². The number of esters is 1. The molecule has 0 unspecified atom stereocenters. The molecule has 2 fully saturated rings. The van der Waals surface area contributed by atoms with Gasteiger partial charge < -0.3 is 15.2 Å². The third-order valence-corrected chi connectivity index (χ3v) is 5.15. The smallest absolute Gasteiger partial charge is 0.326 e. The van der Waals surface area contributed by atoms with E-state index in [1.807, 2.05) is 37.3 Å². The molecule has 3 amide bonds. The Labute approximate surface area is 151 Å². The lowest BCUT2D eigenvalue weighted by Crippen LogP contribution is -2.48. The van der Waals surface area contributed by atoms with Gasteiger partial charge in [0, 0.05) is 13.0 Å². The van der Waals surface area contributed by atoms with Crippen molar-refractivity contribution in [3.8, 4) is 0 Å². The molecule has 3 atom stereocenters. The number of aliphatic hydroxyl groups excluding tert-OH is 1. The maximum absolute atomic E-state index is 13.1. The molecule has 140 valence electrons. The van der Waals surface area contributed by atoms with Crippen LogP contribution in [0.15, 0.2) is 30.3 Å². The zero-order valence-corrected chi connectivity index (χ0v) is 14.8. The normalized spacial score (nSPS) is 29.1. The van der Waals surface area contributed by atoms with E-state index >= 15 is 0 Å². The summed E-state index contributed by atoms with van der Waals surface area (Å²) in [5, 5.41) is 12.7. The molecule has 8 nitrogen and oxygen atoms in total. The van der Waals surface area contributed by atoms with Crippen LogP contribution in [0.3, 0.4) is 0 Å². The SMILES string of the molecule is CC[C@@]1(c2ccccc2)NC(=O)N(CN2C[C@H](O)C[C@H]2C(=O)OC)C1=O. The van der Waals surface area contributed by atoms with Crippen molar-refractivity contribution in [1.29, 1.82) is 0 Å². The van der Waals surface area contributed by atoms with Crippen LogP contribution in [-0.2, 0) is 19.9 Å². The first-order valence-corrected chi connectivity index (χ1v) is 8.62. The zero-order chi connectivity index (χ0) is 18.9. The van der Waals surface area contributed by atoms with Crippen LogP contribution in [0.5, 0.6) is 0 Å². The molecule has 0 spiro atoms. The maximum atomic E-state index is 13.1. The summed E-state index contributed by atoms with van der Waals surface area (Å²) >= 11 is 0. The minimum absolute atomic E-state index is 0.0733. The van der Waals surface area contributed by atoms with Crippen molar-refractivity contribution in [2.45, 2.75) is 37.5 Å². The number of aliphatic hydroxyl groups is 1. The van der Waals surface area contributed by atoms with E-state index in [0.29, 0.717) is 12.0 Å². The molecule has 1 aromatic rings. The molecule has 0 aliphatic carbocycles. The highest BCUT2D eigenvalue weighted by molar-refractivity contribution is 6.07. The average molecular weight is 361 g/mol. The number of imide groups is 1. The minimum Gasteiger partial charge on any atom is -0.468 e. The second-order valence-corrected chi connectivity index (χ2v) is 6.63. The topological polar surface area (TPSA) is 99.2 Å². The van der Waals surface area contributed by atoms with E-state index in [0.717, 1.165) is 4.90 Å². The summed E-state index contributed by atoms with van der Waals surface area (Å²) in [6.45, 7) is 1.96. The van der Waals surface area contributed by atoms with Crippen molar-refractivity contribution in [3.05, 3.63) is 35.9 Å². The Bertz CT molecular complexity index is 710. The summed E-state index contributed by atoms with van der Waals surface area (Å²) in [6, 6.07) is 7.91. The van der Waals surface area contributed by atoms with Crippen molar-refractivity contribution < 1.29 is 24.2 Å². The standard InChI is InChI=1S/C18H23N3O5/c1-3-18(12-7-5-4-6-8-12)16(24)21(17(25)19-18)11-20-10-13(22)9-14(20)15(23)26-2/h4-8,13-14,22H,3,9-11H2,1-2H3,(H,19,25)/t13-,14+,18+/m1/s1.